The van der Waals surface area contributed by atoms with Crippen molar-refractivity contribution in [1.82, 2.24) is 0 Å². The lowest BCUT2D eigenvalue weighted by molar-refractivity contribution is -0.914. The van der Waals surface area contributed by atoms with Crippen molar-refractivity contribution in [3.63, 3.8) is 0 Å². The normalized spacial score (nSPS) is 16.4. The molecule has 1 aliphatic heterocycles. The maximum atomic E-state index is 13.1. The fourth-order valence-corrected chi connectivity index (χ4v) is 3.52. The summed E-state index contributed by atoms with van der Waals surface area (Å²) in [7, 11) is 0. The molecule has 1 atom stereocenters. The second-order valence-corrected chi connectivity index (χ2v) is 7.15. The molecule has 1 fully saturated rings. The van der Waals surface area contributed by atoms with E-state index >= 15 is 0 Å². The van der Waals surface area contributed by atoms with Crippen LogP contribution in [0.25, 0.3) is 0 Å². The third-order valence-electron chi connectivity index (χ3n) is 5.24. The van der Waals surface area contributed by atoms with E-state index in [1.807, 2.05) is 45.0 Å². The SMILES string of the molecule is Cc1ccc(NC(=O)[C@@H](C)[NH+]2CCN(c3ccc(F)cc3)CC2)c(C)c1. The lowest BCUT2D eigenvalue weighted by Crippen LogP contribution is -3.19. The van der Waals surface area contributed by atoms with Gasteiger partial charge in [-0.05, 0) is 56.7 Å². The number of piperazine rings is 1. The van der Waals surface area contributed by atoms with Gasteiger partial charge in [0.25, 0.3) is 5.91 Å². The first-order valence-corrected chi connectivity index (χ1v) is 9.17. The highest BCUT2D eigenvalue weighted by Gasteiger charge is 2.29. The van der Waals surface area contributed by atoms with Crippen molar-refractivity contribution >= 4 is 17.3 Å². The van der Waals surface area contributed by atoms with Crippen LogP contribution in [0.2, 0.25) is 0 Å². The van der Waals surface area contributed by atoms with Crippen LogP contribution in [0.4, 0.5) is 15.8 Å². The highest BCUT2D eigenvalue weighted by Crippen LogP contribution is 2.16. The van der Waals surface area contributed by atoms with Crippen molar-refractivity contribution in [2.24, 2.45) is 0 Å². The zero-order valence-electron chi connectivity index (χ0n) is 15.7. The first-order chi connectivity index (χ1) is 12.4. The molecule has 0 aromatic heterocycles. The van der Waals surface area contributed by atoms with Crippen LogP contribution in [-0.4, -0.2) is 38.1 Å². The number of rotatable bonds is 4. The molecule has 2 aromatic rings. The zero-order valence-corrected chi connectivity index (χ0v) is 15.7. The van der Waals surface area contributed by atoms with Gasteiger partial charge in [-0.2, -0.15) is 0 Å². The number of anilines is 2. The van der Waals surface area contributed by atoms with Crippen molar-refractivity contribution in [1.29, 1.82) is 0 Å². The van der Waals surface area contributed by atoms with Gasteiger partial charge in [0.2, 0.25) is 0 Å². The molecule has 0 unspecified atom stereocenters. The first kappa shape index (κ1) is 18.4. The van der Waals surface area contributed by atoms with Crippen LogP contribution in [0.5, 0.6) is 0 Å². The minimum atomic E-state index is -0.213. The minimum Gasteiger partial charge on any atom is -0.360 e. The molecular formula is C21H27FN3O+. The van der Waals surface area contributed by atoms with Crippen LogP contribution < -0.4 is 15.1 Å². The first-order valence-electron chi connectivity index (χ1n) is 9.17. The Morgan fingerprint density at radius 3 is 2.38 bits per heavy atom. The number of hydrogen-bond acceptors (Lipinski definition) is 2. The van der Waals surface area contributed by atoms with Gasteiger partial charge < -0.3 is 15.1 Å². The molecule has 26 heavy (non-hydrogen) atoms. The smallest absolute Gasteiger partial charge is 0.282 e. The van der Waals surface area contributed by atoms with Crippen LogP contribution in [0.3, 0.4) is 0 Å². The molecule has 0 aliphatic carbocycles. The number of amides is 1. The molecule has 2 N–H and O–H groups in total. The monoisotopic (exact) mass is 356 g/mol. The van der Waals surface area contributed by atoms with E-state index in [2.05, 4.69) is 16.3 Å². The Morgan fingerprint density at radius 2 is 1.77 bits per heavy atom. The number of hydrogen-bond donors (Lipinski definition) is 2. The predicted octanol–water partition coefficient (Wildman–Crippen LogP) is 2.17. The maximum Gasteiger partial charge on any atom is 0.282 e. The van der Waals surface area contributed by atoms with Gasteiger partial charge in [0.1, 0.15) is 5.82 Å². The number of carbonyl (C=O) groups excluding carboxylic acids is 1. The lowest BCUT2D eigenvalue weighted by atomic mass is 10.1. The van der Waals surface area contributed by atoms with Gasteiger partial charge in [-0.15, -0.1) is 0 Å². The zero-order chi connectivity index (χ0) is 18.7. The van der Waals surface area contributed by atoms with Crippen LogP contribution >= 0.6 is 0 Å². The van der Waals surface area contributed by atoms with Gasteiger partial charge in [-0.3, -0.25) is 4.79 Å². The molecule has 1 heterocycles. The summed E-state index contributed by atoms with van der Waals surface area (Å²) in [5.41, 5.74) is 4.20. The summed E-state index contributed by atoms with van der Waals surface area (Å²) < 4.78 is 13.1. The fourth-order valence-electron chi connectivity index (χ4n) is 3.52. The molecule has 0 saturated carbocycles. The number of halogens is 1. The summed E-state index contributed by atoms with van der Waals surface area (Å²) >= 11 is 0. The molecule has 2 aromatic carbocycles. The third kappa shape index (κ3) is 4.22. The topological polar surface area (TPSA) is 36.8 Å². The van der Waals surface area contributed by atoms with Gasteiger partial charge in [-0.1, -0.05) is 17.7 Å². The molecule has 1 aliphatic rings. The summed E-state index contributed by atoms with van der Waals surface area (Å²) in [6.07, 6.45) is 0. The number of nitrogens with zero attached hydrogens (tertiary/aromatic N) is 1. The fraction of sp³-hybridized carbons (Fsp3) is 0.381. The van der Waals surface area contributed by atoms with Crippen LogP contribution in [-0.2, 0) is 4.79 Å². The summed E-state index contributed by atoms with van der Waals surface area (Å²) in [6, 6.07) is 12.6. The molecule has 0 spiro atoms. The number of aryl methyl sites for hydroxylation is 2. The number of benzene rings is 2. The molecule has 138 valence electrons. The average molecular weight is 356 g/mol. The molecule has 4 nitrogen and oxygen atoms in total. The second kappa shape index (κ2) is 7.87. The highest BCUT2D eigenvalue weighted by molar-refractivity contribution is 5.94. The van der Waals surface area contributed by atoms with E-state index < -0.39 is 0 Å². The molecule has 3 rings (SSSR count). The van der Waals surface area contributed by atoms with E-state index in [1.165, 1.54) is 22.6 Å². The van der Waals surface area contributed by atoms with Gasteiger partial charge in [0.05, 0.1) is 26.2 Å². The van der Waals surface area contributed by atoms with Crippen molar-refractivity contribution in [3.05, 3.63) is 59.4 Å². The van der Waals surface area contributed by atoms with Gasteiger partial charge in [-0.25, -0.2) is 4.39 Å². The number of carbonyl (C=O) groups is 1. The Balaban J connectivity index is 1.56. The molecule has 0 bridgehead atoms. The van der Waals surface area contributed by atoms with Gasteiger partial charge >= 0.3 is 0 Å². The van der Waals surface area contributed by atoms with E-state index in [9.17, 15) is 9.18 Å². The van der Waals surface area contributed by atoms with E-state index in [1.54, 1.807) is 0 Å². The predicted molar refractivity (Wildman–Crippen MR) is 103 cm³/mol. The van der Waals surface area contributed by atoms with E-state index in [0.29, 0.717) is 0 Å². The Bertz CT molecular complexity index is 767. The Morgan fingerprint density at radius 1 is 1.12 bits per heavy atom. The molecule has 1 amide bonds. The molecular weight excluding hydrogens is 329 g/mol. The number of nitrogens with one attached hydrogen (secondary N) is 2. The van der Waals surface area contributed by atoms with E-state index in [-0.39, 0.29) is 17.8 Å². The van der Waals surface area contributed by atoms with Crippen molar-refractivity contribution < 1.29 is 14.1 Å². The average Bonchev–Trinajstić information content (AvgIpc) is 2.64. The van der Waals surface area contributed by atoms with Crippen molar-refractivity contribution in [2.45, 2.75) is 26.8 Å². The maximum absolute atomic E-state index is 13.1. The van der Waals surface area contributed by atoms with E-state index in [0.717, 1.165) is 43.1 Å². The second-order valence-electron chi connectivity index (χ2n) is 7.15. The van der Waals surface area contributed by atoms with Crippen molar-refractivity contribution in [3.8, 4) is 0 Å². The molecule has 0 radical (unpaired) electrons. The number of quaternary nitrogens is 1. The standard InChI is InChI=1S/C21H26FN3O/c1-15-4-9-20(16(2)14-15)23-21(26)17(3)24-10-12-25(13-11-24)19-7-5-18(22)6-8-19/h4-9,14,17H,10-13H2,1-3H3,(H,23,26)/p+1/t17-/m1/s1. The summed E-state index contributed by atoms with van der Waals surface area (Å²) in [6.45, 7) is 9.55. The quantitative estimate of drug-likeness (QED) is 0.881. The lowest BCUT2D eigenvalue weighted by Gasteiger charge is -2.36. The largest absolute Gasteiger partial charge is 0.360 e. The summed E-state index contributed by atoms with van der Waals surface area (Å²) in [4.78, 5) is 16.2. The highest BCUT2D eigenvalue weighted by atomic mass is 19.1. The van der Waals surface area contributed by atoms with Gasteiger partial charge in [0.15, 0.2) is 6.04 Å². The van der Waals surface area contributed by atoms with Crippen molar-refractivity contribution in [2.75, 3.05) is 36.4 Å². The van der Waals surface area contributed by atoms with Crippen LogP contribution in [0.1, 0.15) is 18.1 Å². The summed E-state index contributed by atoms with van der Waals surface area (Å²) in [5.74, 6) is -0.156. The van der Waals surface area contributed by atoms with Crippen LogP contribution in [0.15, 0.2) is 42.5 Å². The van der Waals surface area contributed by atoms with Crippen LogP contribution in [0, 0.1) is 19.7 Å². The Hall–Kier alpha value is -2.40. The van der Waals surface area contributed by atoms with Gasteiger partial charge in [0, 0.05) is 11.4 Å². The third-order valence-corrected chi connectivity index (χ3v) is 5.24. The van der Waals surface area contributed by atoms with E-state index in [4.69, 9.17) is 0 Å². The minimum absolute atomic E-state index is 0.0576. The Kier molecular flexibility index (Phi) is 5.57. The molecule has 5 heteroatoms. The summed E-state index contributed by atoms with van der Waals surface area (Å²) in [5, 5.41) is 3.07. The molecule has 1 saturated heterocycles. The Labute approximate surface area is 154 Å².